The molecule has 1 amide bonds. The van der Waals surface area contributed by atoms with Crippen LogP contribution in [0.4, 0.5) is 10.1 Å². The number of hydrogen-bond acceptors (Lipinski definition) is 3. The molecule has 1 saturated heterocycles. The third kappa shape index (κ3) is 2.32. The van der Waals surface area contributed by atoms with Gasteiger partial charge in [-0.05, 0) is 39.0 Å². The van der Waals surface area contributed by atoms with Gasteiger partial charge < -0.3 is 10.2 Å². The highest BCUT2D eigenvalue weighted by Crippen LogP contribution is 2.29. The molecule has 0 spiro atoms. The fourth-order valence-corrected chi connectivity index (χ4v) is 2.27. The maximum atomic E-state index is 14.1. The molecular formula is C14H17FN2O2. The van der Waals surface area contributed by atoms with Gasteiger partial charge in [0, 0.05) is 18.7 Å². The second-order valence-electron chi connectivity index (χ2n) is 5.19. The highest BCUT2D eigenvalue weighted by molar-refractivity contribution is 5.95. The molecule has 102 valence electrons. The van der Waals surface area contributed by atoms with Crippen LogP contribution in [0, 0.1) is 5.82 Å². The highest BCUT2D eigenvalue weighted by atomic mass is 19.1. The van der Waals surface area contributed by atoms with Crippen molar-refractivity contribution in [2.75, 3.05) is 18.0 Å². The van der Waals surface area contributed by atoms with E-state index in [4.69, 9.17) is 0 Å². The second-order valence-corrected chi connectivity index (χ2v) is 5.19. The lowest BCUT2D eigenvalue weighted by molar-refractivity contribution is -0.126. The molecule has 0 aliphatic carbocycles. The lowest BCUT2D eigenvalue weighted by atomic mass is 9.97. The van der Waals surface area contributed by atoms with Gasteiger partial charge in [-0.3, -0.25) is 9.59 Å². The van der Waals surface area contributed by atoms with Crippen LogP contribution in [0.3, 0.4) is 0 Å². The summed E-state index contributed by atoms with van der Waals surface area (Å²) < 4.78 is 14.1. The lowest BCUT2D eigenvalue weighted by Gasteiger charge is -2.42. The van der Waals surface area contributed by atoms with Crippen molar-refractivity contribution in [3.05, 3.63) is 29.6 Å². The predicted octanol–water partition coefficient (Wildman–Crippen LogP) is 1.74. The van der Waals surface area contributed by atoms with Crippen LogP contribution in [0.15, 0.2) is 18.2 Å². The second kappa shape index (κ2) is 4.64. The summed E-state index contributed by atoms with van der Waals surface area (Å²) in [5.41, 5.74) is -0.123. The molecule has 1 aromatic carbocycles. The number of ketones is 1. The number of piperazine rings is 1. The molecule has 2 rings (SSSR count). The molecule has 1 aromatic rings. The summed E-state index contributed by atoms with van der Waals surface area (Å²) in [7, 11) is 0. The maximum Gasteiger partial charge on any atom is 0.245 e. The Morgan fingerprint density at radius 1 is 1.42 bits per heavy atom. The van der Waals surface area contributed by atoms with Gasteiger partial charge in [-0.25, -0.2) is 4.39 Å². The third-order valence-corrected chi connectivity index (χ3v) is 3.50. The molecule has 0 atom stereocenters. The zero-order valence-electron chi connectivity index (χ0n) is 11.3. The average Bonchev–Trinajstić information content (AvgIpc) is 2.33. The zero-order valence-corrected chi connectivity index (χ0v) is 11.3. The summed E-state index contributed by atoms with van der Waals surface area (Å²) in [6.07, 6.45) is 0. The van der Waals surface area contributed by atoms with Gasteiger partial charge in [0.1, 0.15) is 11.4 Å². The van der Waals surface area contributed by atoms with Crippen molar-refractivity contribution in [1.82, 2.24) is 5.32 Å². The number of rotatable bonds is 2. The van der Waals surface area contributed by atoms with Crippen LogP contribution in [0.1, 0.15) is 31.1 Å². The molecule has 0 unspecified atom stereocenters. The van der Waals surface area contributed by atoms with Gasteiger partial charge in [0.05, 0.1) is 5.69 Å². The Balaban J connectivity index is 2.41. The molecule has 1 aliphatic rings. The van der Waals surface area contributed by atoms with Crippen LogP contribution in [0.5, 0.6) is 0 Å². The number of anilines is 1. The van der Waals surface area contributed by atoms with Crippen LogP contribution >= 0.6 is 0 Å². The van der Waals surface area contributed by atoms with E-state index in [1.165, 1.54) is 13.0 Å². The molecule has 0 saturated carbocycles. The van der Waals surface area contributed by atoms with Crippen LogP contribution in [0.2, 0.25) is 0 Å². The number of halogens is 1. The van der Waals surface area contributed by atoms with Crippen molar-refractivity contribution < 1.29 is 14.0 Å². The minimum atomic E-state index is -0.809. The summed E-state index contributed by atoms with van der Waals surface area (Å²) in [5.74, 6) is -0.787. The molecule has 0 radical (unpaired) electrons. The van der Waals surface area contributed by atoms with Crippen molar-refractivity contribution in [2.24, 2.45) is 0 Å². The van der Waals surface area contributed by atoms with Crippen molar-refractivity contribution in [1.29, 1.82) is 0 Å². The van der Waals surface area contributed by atoms with Crippen LogP contribution in [0.25, 0.3) is 0 Å². The molecule has 4 nitrogen and oxygen atoms in total. The number of nitrogens with zero attached hydrogens (tertiary/aromatic N) is 1. The number of nitrogens with one attached hydrogen (secondary N) is 1. The topological polar surface area (TPSA) is 49.4 Å². The first-order valence-corrected chi connectivity index (χ1v) is 6.20. The van der Waals surface area contributed by atoms with Gasteiger partial charge in [-0.2, -0.15) is 0 Å². The van der Waals surface area contributed by atoms with Crippen molar-refractivity contribution in [3.63, 3.8) is 0 Å². The first-order chi connectivity index (χ1) is 8.84. The average molecular weight is 264 g/mol. The smallest absolute Gasteiger partial charge is 0.245 e. The van der Waals surface area contributed by atoms with Crippen LogP contribution in [-0.4, -0.2) is 30.3 Å². The minimum absolute atomic E-state index is 0.131. The van der Waals surface area contributed by atoms with E-state index in [-0.39, 0.29) is 11.7 Å². The number of carbonyl (C=O) groups excluding carboxylic acids is 2. The van der Waals surface area contributed by atoms with Crippen molar-refractivity contribution >= 4 is 17.4 Å². The van der Waals surface area contributed by atoms with E-state index in [2.05, 4.69) is 5.32 Å². The minimum Gasteiger partial charge on any atom is -0.353 e. The molecule has 1 fully saturated rings. The lowest BCUT2D eigenvalue weighted by Crippen LogP contribution is -2.62. The molecule has 1 aliphatic heterocycles. The maximum absolute atomic E-state index is 14.1. The fourth-order valence-electron chi connectivity index (χ4n) is 2.27. The largest absolute Gasteiger partial charge is 0.353 e. The SMILES string of the molecule is CC(=O)c1ccc(N2CCNC(=O)C2(C)C)c(F)c1. The Morgan fingerprint density at radius 3 is 2.68 bits per heavy atom. The number of hydrogen-bond donors (Lipinski definition) is 1. The first kappa shape index (κ1) is 13.5. The molecule has 0 bridgehead atoms. The Bertz CT molecular complexity index is 540. The fraction of sp³-hybridized carbons (Fsp3) is 0.429. The van der Waals surface area contributed by atoms with Crippen LogP contribution < -0.4 is 10.2 Å². The monoisotopic (exact) mass is 264 g/mol. The van der Waals surface area contributed by atoms with E-state index < -0.39 is 11.4 Å². The van der Waals surface area contributed by atoms with Gasteiger partial charge in [0.25, 0.3) is 0 Å². The molecule has 5 heteroatoms. The van der Waals surface area contributed by atoms with Crippen molar-refractivity contribution in [3.8, 4) is 0 Å². The molecule has 0 aromatic heterocycles. The van der Waals surface area contributed by atoms with Crippen LogP contribution in [-0.2, 0) is 4.79 Å². The van der Waals surface area contributed by atoms with Gasteiger partial charge in [0.2, 0.25) is 5.91 Å². The van der Waals surface area contributed by atoms with Gasteiger partial charge in [-0.15, -0.1) is 0 Å². The molecule has 1 heterocycles. The summed E-state index contributed by atoms with van der Waals surface area (Å²) in [5, 5.41) is 2.76. The van der Waals surface area contributed by atoms with Crippen molar-refractivity contribution in [2.45, 2.75) is 26.3 Å². The zero-order chi connectivity index (χ0) is 14.2. The summed E-state index contributed by atoms with van der Waals surface area (Å²) in [6, 6.07) is 4.37. The Labute approximate surface area is 111 Å². The number of Topliss-reactive ketones (excluding diaryl/α,β-unsaturated/α-hetero) is 1. The summed E-state index contributed by atoms with van der Waals surface area (Å²) in [4.78, 5) is 24.8. The highest BCUT2D eigenvalue weighted by Gasteiger charge is 2.38. The van der Waals surface area contributed by atoms with Gasteiger partial charge in [-0.1, -0.05) is 0 Å². The number of carbonyl (C=O) groups is 2. The molecular weight excluding hydrogens is 247 g/mol. The standard InChI is InChI=1S/C14H17FN2O2/c1-9(18)10-4-5-12(11(15)8-10)17-7-6-16-13(19)14(17,2)3/h4-5,8H,6-7H2,1-3H3,(H,16,19). The van der Waals surface area contributed by atoms with E-state index in [1.54, 1.807) is 30.9 Å². The van der Waals surface area contributed by atoms with E-state index in [0.717, 1.165) is 0 Å². The van der Waals surface area contributed by atoms with E-state index in [1.807, 2.05) is 0 Å². The Hall–Kier alpha value is -1.91. The van der Waals surface area contributed by atoms with E-state index >= 15 is 0 Å². The molecule has 19 heavy (non-hydrogen) atoms. The summed E-state index contributed by atoms with van der Waals surface area (Å²) in [6.45, 7) is 5.91. The van der Waals surface area contributed by atoms with Gasteiger partial charge >= 0.3 is 0 Å². The van der Waals surface area contributed by atoms with E-state index in [0.29, 0.717) is 24.3 Å². The normalized spacial score (nSPS) is 18.1. The molecule has 1 N–H and O–H groups in total. The summed E-state index contributed by atoms with van der Waals surface area (Å²) >= 11 is 0. The third-order valence-electron chi connectivity index (χ3n) is 3.50. The first-order valence-electron chi connectivity index (χ1n) is 6.20. The quantitative estimate of drug-likeness (QED) is 0.828. The van der Waals surface area contributed by atoms with E-state index in [9.17, 15) is 14.0 Å². The Kier molecular flexibility index (Phi) is 3.30. The van der Waals surface area contributed by atoms with Gasteiger partial charge in [0.15, 0.2) is 5.78 Å². The number of amides is 1. The number of benzene rings is 1. The predicted molar refractivity (Wildman–Crippen MR) is 70.8 cm³/mol. The Morgan fingerprint density at radius 2 is 2.11 bits per heavy atom.